The monoisotopic (exact) mass is 442 g/mol. The maximum atomic E-state index is 12.6. The van der Waals surface area contributed by atoms with Gasteiger partial charge in [0.1, 0.15) is 6.04 Å². The fraction of sp³-hybridized carbons (Fsp3) is 0.0833. The second kappa shape index (κ2) is 8.28. The summed E-state index contributed by atoms with van der Waals surface area (Å²) in [7, 11) is 0. The number of hydrogen-bond acceptors (Lipinski definition) is 5. The van der Waals surface area contributed by atoms with Crippen LogP contribution in [0.25, 0.3) is 5.70 Å². The molecule has 0 bridgehead atoms. The van der Waals surface area contributed by atoms with Gasteiger partial charge in [0.25, 0.3) is 11.9 Å². The molecule has 2 N–H and O–H groups in total. The number of rotatable bonds is 4. The summed E-state index contributed by atoms with van der Waals surface area (Å²) in [6.45, 7) is 2.05. The first-order valence-electron chi connectivity index (χ1n) is 10.1. The zero-order valence-electron chi connectivity index (χ0n) is 17.2. The number of benzene rings is 2. The molecule has 0 fully saturated rings. The molecule has 0 aliphatic carbocycles. The molecular formula is C24H19ClN6O. The average Bonchev–Trinajstić information content (AvgIpc) is 3.22. The van der Waals surface area contributed by atoms with Crippen molar-refractivity contribution < 1.29 is 4.79 Å². The Bertz CT molecular complexity index is 1310. The number of carbonyl (C=O) groups is 1. The molecule has 7 nitrogen and oxygen atoms in total. The van der Waals surface area contributed by atoms with Crippen molar-refractivity contribution in [2.45, 2.75) is 13.0 Å². The van der Waals surface area contributed by atoms with Gasteiger partial charge in [-0.05, 0) is 42.3 Å². The Balaban J connectivity index is 1.53. The van der Waals surface area contributed by atoms with Crippen molar-refractivity contribution in [1.29, 1.82) is 0 Å². The molecule has 1 atom stereocenters. The van der Waals surface area contributed by atoms with E-state index >= 15 is 0 Å². The Morgan fingerprint density at radius 3 is 2.66 bits per heavy atom. The minimum absolute atomic E-state index is 0.192. The van der Waals surface area contributed by atoms with Gasteiger partial charge in [0.15, 0.2) is 0 Å². The molecule has 3 heterocycles. The smallest absolute Gasteiger partial charge is 0.259 e. The van der Waals surface area contributed by atoms with Crippen LogP contribution in [0.5, 0.6) is 0 Å². The fourth-order valence-electron chi connectivity index (χ4n) is 3.55. The van der Waals surface area contributed by atoms with Crippen LogP contribution in [0, 0.1) is 6.92 Å². The van der Waals surface area contributed by atoms with Gasteiger partial charge in [-0.1, -0.05) is 59.6 Å². The van der Waals surface area contributed by atoms with Crippen molar-refractivity contribution in [2.75, 3.05) is 10.6 Å². The summed E-state index contributed by atoms with van der Waals surface area (Å²) in [6.07, 6.45) is 5.16. The molecule has 158 valence electrons. The molecule has 5 rings (SSSR count). The van der Waals surface area contributed by atoms with Crippen LogP contribution in [0.15, 0.2) is 79.1 Å². The van der Waals surface area contributed by atoms with Crippen LogP contribution >= 0.6 is 11.6 Å². The molecule has 0 saturated carbocycles. The van der Waals surface area contributed by atoms with Crippen LogP contribution in [0.1, 0.15) is 33.1 Å². The highest BCUT2D eigenvalue weighted by Gasteiger charge is 2.27. The van der Waals surface area contributed by atoms with Gasteiger partial charge in [-0.25, -0.2) is 4.68 Å². The number of amides is 1. The fourth-order valence-corrected chi connectivity index (χ4v) is 3.80. The summed E-state index contributed by atoms with van der Waals surface area (Å²) in [5, 5.41) is 11.2. The summed E-state index contributed by atoms with van der Waals surface area (Å²) in [6, 6.07) is 18.9. The number of pyridine rings is 1. The largest absolute Gasteiger partial charge is 0.324 e. The zero-order chi connectivity index (χ0) is 22.1. The van der Waals surface area contributed by atoms with Crippen molar-refractivity contribution in [3.63, 3.8) is 0 Å². The molecule has 0 radical (unpaired) electrons. The van der Waals surface area contributed by atoms with E-state index in [1.807, 2.05) is 31.2 Å². The SMILES string of the molecule is Cc1ccc(C2=C[C@H](c3ccccc3Cl)n3nc(NC(=O)c4cccnc4)nc3N2)cc1. The van der Waals surface area contributed by atoms with Gasteiger partial charge >= 0.3 is 0 Å². The van der Waals surface area contributed by atoms with Gasteiger partial charge in [0.2, 0.25) is 5.95 Å². The Kier molecular flexibility index (Phi) is 5.17. The second-order valence-electron chi connectivity index (χ2n) is 7.44. The van der Waals surface area contributed by atoms with Crippen molar-refractivity contribution in [3.8, 4) is 0 Å². The van der Waals surface area contributed by atoms with Crippen LogP contribution in [-0.2, 0) is 0 Å². The number of fused-ring (bicyclic) bond motifs is 1. The molecule has 1 aliphatic rings. The van der Waals surface area contributed by atoms with Crippen molar-refractivity contribution >= 4 is 35.1 Å². The molecule has 4 aromatic rings. The van der Waals surface area contributed by atoms with E-state index in [0.717, 1.165) is 16.8 Å². The lowest BCUT2D eigenvalue weighted by atomic mass is 10.0. The van der Waals surface area contributed by atoms with E-state index in [9.17, 15) is 4.79 Å². The number of carbonyl (C=O) groups excluding carboxylic acids is 1. The van der Waals surface area contributed by atoms with E-state index < -0.39 is 0 Å². The number of hydrogen-bond donors (Lipinski definition) is 2. The van der Waals surface area contributed by atoms with Gasteiger partial charge in [0, 0.05) is 23.1 Å². The maximum Gasteiger partial charge on any atom is 0.259 e. The highest BCUT2D eigenvalue weighted by Crippen LogP contribution is 2.35. The van der Waals surface area contributed by atoms with Crippen molar-refractivity contribution in [3.05, 3.63) is 106 Å². The Labute approximate surface area is 189 Å². The Morgan fingerprint density at radius 1 is 1.09 bits per heavy atom. The molecule has 32 heavy (non-hydrogen) atoms. The third-order valence-electron chi connectivity index (χ3n) is 5.20. The van der Waals surface area contributed by atoms with E-state index in [4.69, 9.17) is 11.6 Å². The maximum absolute atomic E-state index is 12.6. The third-order valence-corrected chi connectivity index (χ3v) is 5.55. The van der Waals surface area contributed by atoms with E-state index in [0.29, 0.717) is 16.5 Å². The summed E-state index contributed by atoms with van der Waals surface area (Å²) in [4.78, 5) is 21.1. The van der Waals surface area contributed by atoms with Gasteiger partial charge in [0.05, 0.1) is 5.56 Å². The highest BCUT2D eigenvalue weighted by molar-refractivity contribution is 6.31. The minimum Gasteiger partial charge on any atom is -0.324 e. The standard InChI is InChI=1S/C24H19ClN6O/c1-15-8-10-16(11-9-15)20-13-21(18-6-2-3-7-19(18)25)31-24(27-20)29-23(30-31)28-22(32)17-5-4-12-26-14-17/h2-14,21H,1H3,(H2,27,28,29,30,32)/t21-/m1/s1. The predicted octanol–water partition coefficient (Wildman–Crippen LogP) is 4.94. The first-order chi connectivity index (χ1) is 15.6. The van der Waals surface area contributed by atoms with Gasteiger partial charge in [-0.2, -0.15) is 4.98 Å². The lowest BCUT2D eigenvalue weighted by Gasteiger charge is -2.25. The number of nitrogens with one attached hydrogen (secondary N) is 2. The van der Waals surface area contributed by atoms with Gasteiger partial charge < -0.3 is 5.32 Å². The Morgan fingerprint density at radius 2 is 1.91 bits per heavy atom. The molecule has 2 aromatic heterocycles. The van der Waals surface area contributed by atoms with E-state index in [1.165, 1.54) is 11.8 Å². The molecule has 0 spiro atoms. The van der Waals surface area contributed by atoms with Crippen molar-refractivity contribution in [1.82, 2.24) is 19.7 Å². The number of aromatic nitrogens is 4. The van der Waals surface area contributed by atoms with E-state index in [2.05, 4.69) is 56.0 Å². The van der Waals surface area contributed by atoms with Crippen molar-refractivity contribution in [2.24, 2.45) is 0 Å². The lowest BCUT2D eigenvalue weighted by Crippen LogP contribution is -2.20. The molecule has 8 heteroatoms. The topological polar surface area (TPSA) is 84.7 Å². The minimum atomic E-state index is -0.331. The van der Waals surface area contributed by atoms with Crippen LogP contribution < -0.4 is 10.6 Å². The average molecular weight is 443 g/mol. The number of allylic oxidation sites excluding steroid dienone is 1. The van der Waals surface area contributed by atoms with Crippen LogP contribution in [0.2, 0.25) is 5.02 Å². The third kappa shape index (κ3) is 3.86. The van der Waals surface area contributed by atoms with Gasteiger partial charge in [-0.3, -0.25) is 15.1 Å². The van der Waals surface area contributed by atoms with E-state index in [-0.39, 0.29) is 17.9 Å². The quantitative estimate of drug-likeness (QED) is 0.467. The number of nitrogens with zero attached hydrogens (tertiary/aromatic N) is 4. The Hall–Kier alpha value is -3.97. The van der Waals surface area contributed by atoms with Gasteiger partial charge in [-0.15, -0.1) is 5.10 Å². The van der Waals surface area contributed by atoms with E-state index in [1.54, 1.807) is 23.0 Å². The molecule has 2 aromatic carbocycles. The second-order valence-corrected chi connectivity index (χ2v) is 7.84. The predicted molar refractivity (Wildman–Crippen MR) is 125 cm³/mol. The zero-order valence-corrected chi connectivity index (χ0v) is 17.9. The molecule has 1 amide bonds. The van der Waals surface area contributed by atoms with Crippen LogP contribution in [0.4, 0.5) is 11.9 Å². The summed E-state index contributed by atoms with van der Waals surface area (Å²) >= 11 is 6.52. The normalized spacial score (nSPS) is 14.8. The first-order valence-corrected chi connectivity index (χ1v) is 10.4. The number of aryl methyl sites for hydroxylation is 1. The molecular weight excluding hydrogens is 424 g/mol. The number of halogens is 1. The molecule has 1 aliphatic heterocycles. The molecule has 0 saturated heterocycles. The summed E-state index contributed by atoms with van der Waals surface area (Å²) in [5.74, 6) is 0.369. The summed E-state index contributed by atoms with van der Waals surface area (Å²) in [5.41, 5.74) is 4.39. The summed E-state index contributed by atoms with van der Waals surface area (Å²) < 4.78 is 1.72. The van der Waals surface area contributed by atoms with Crippen LogP contribution in [0.3, 0.4) is 0 Å². The highest BCUT2D eigenvalue weighted by atomic mass is 35.5. The molecule has 0 unspecified atom stereocenters. The lowest BCUT2D eigenvalue weighted by molar-refractivity contribution is 0.102. The first kappa shape index (κ1) is 20.0. The van der Waals surface area contributed by atoms with Crippen LogP contribution in [-0.4, -0.2) is 25.7 Å². The number of anilines is 2.